The quantitative estimate of drug-likeness (QED) is 0.849. The Morgan fingerprint density at radius 1 is 1.10 bits per heavy atom. The number of ketones is 1. The van der Waals surface area contributed by atoms with Gasteiger partial charge in [0, 0.05) is 0 Å². The molecule has 2 aromatic carbocycles. The van der Waals surface area contributed by atoms with E-state index in [1.807, 2.05) is 24.3 Å². The van der Waals surface area contributed by atoms with Crippen LogP contribution >= 0.6 is 0 Å². The summed E-state index contributed by atoms with van der Waals surface area (Å²) < 4.78 is 10.7. The Kier molecular flexibility index (Phi) is 4.25. The van der Waals surface area contributed by atoms with E-state index in [9.17, 15) is 9.90 Å². The molecule has 4 nitrogen and oxygen atoms in total. The van der Waals surface area contributed by atoms with Crippen LogP contribution in [-0.4, -0.2) is 18.0 Å². The van der Waals surface area contributed by atoms with E-state index in [1.165, 1.54) is 13.0 Å². The number of hydrogen-bond acceptors (Lipinski definition) is 4. The smallest absolute Gasteiger partial charge is 0.163 e. The monoisotopic (exact) mass is 272 g/mol. The molecule has 2 rings (SSSR count). The zero-order valence-corrected chi connectivity index (χ0v) is 11.4. The standard InChI is InChI=1S/C16H16O4/c1-11(17)15-9-14(7-8-16(15)18)20-10-12-3-5-13(19-2)6-4-12/h3-9,18H,10H2,1-2H3. The number of aromatic hydroxyl groups is 1. The fourth-order valence-electron chi connectivity index (χ4n) is 1.78. The fraction of sp³-hybridized carbons (Fsp3) is 0.188. The minimum Gasteiger partial charge on any atom is -0.507 e. The van der Waals surface area contributed by atoms with Crippen molar-refractivity contribution in [1.82, 2.24) is 0 Å². The topological polar surface area (TPSA) is 55.8 Å². The van der Waals surface area contributed by atoms with Crippen LogP contribution in [0.25, 0.3) is 0 Å². The van der Waals surface area contributed by atoms with Gasteiger partial charge in [-0.1, -0.05) is 12.1 Å². The van der Waals surface area contributed by atoms with Crippen LogP contribution in [0.15, 0.2) is 42.5 Å². The molecular weight excluding hydrogens is 256 g/mol. The van der Waals surface area contributed by atoms with Crippen molar-refractivity contribution in [1.29, 1.82) is 0 Å². The zero-order chi connectivity index (χ0) is 14.5. The SMILES string of the molecule is COc1ccc(COc2ccc(O)c(C(C)=O)c2)cc1. The molecule has 0 saturated carbocycles. The summed E-state index contributed by atoms with van der Waals surface area (Å²) in [4.78, 5) is 11.3. The number of ether oxygens (including phenoxy) is 2. The molecule has 0 aromatic heterocycles. The molecule has 20 heavy (non-hydrogen) atoms. The molecule has 0 saturated heterocycles. The number of benzene rings is 2. The molecule has 0 aliphatic heterocycles. The lowest BCUT2D eigenvalue weighted by Gasteiger charge is -2.09. The minimum atomic E-state index is -0.197. The van der Waals surface area contributed by atoms with Gasteiger partial charge < -0.3 is 14.6 Å². The fourth-order valence-corrected chi connectivity index (χ4v) is 1.78. The lowest BCUT2D eigenvalue weighted by Crippen LogP contribution is -1.98. The summed E-state index contributed by atoms with van der Waals surface area (Å²) in [6.07, 6.45) is 0. The van der Waals surface area contributed by atoms with Crippen LogP contribution in [0.4, 0.5) is 0 Å². The predicted octanol–water partition coefficient (Wildman–Crippen LogP) is 3.18. The Bertz CT molecular complexity index is 602. The van der Waals surface area contributed by atoms with Crippen molar-refractivity contribution in [3.8, 4) is 17.2 Å². The highest BCUT2D eigenvalue weighted by atomic mass is 16.5. The second-order valence-electron chi connectivity index (χ2n) is 4.37. The summed E-state index contributed by atoms with van der Waals surface area (Å²) in [5.41, 5.74) is 1.25. The molecule has 2 aromatic rings. The van der Waals surface area contributed by atoms with Crippen LogP contribution in [-0.2, 0) is 6.61 Å². The van der Waals surface area contributed by atoms with Gasteiger partial charge in [0.05, 0.1) is 12.7 Å². The van der Waals surface area contributed by atoms with Gasteiger partial charge in [-0.2, -0.15) is 0 Å². The summed E-state index contributed by atoms with van der Waals surface area (Å²) in [6, 6.07) is 12.2. The number of Topliss-reactive ketones (excluding diaryl/α,β-unsaturated/α-hetero) is 1. The molecule has 0 atom stereocenters. The predicted molar refractivity (Wildman–Crippen MR) is 75.4 cm³/mol. The van der Waals surface area contributed by atoms with E-state index in [0.29, 0.717) is 12.4 Å². The molecular formula is C16H16O4. The van der Waals surface area contributed by atoms with Gasteiger partial charge in [-0.3, -0.25) is 4.79 Å². The zero-order valence-electron chi connectivity index (χ0n) is 11.4. The molecule has 0 unspecified atom stereocenters. The summed E-state index contributed by atoms with van der Waals surface area (Å²) in [5.74, 6) is 1.10. The number of phenolic OH excluding ortho intramolecular Hbond substituents is 1. The van der Waals surface area contributed by atoms with Gasteiger partial charge >= 0.3 is 0 Å². The van der Waals surface area contributed by atoms with E-state index in [4.69, 9.17) is 9.47 Å². The van der Waals surface area contributed by atoms with Crippen molar-refractivity contribution in [3.63, 3.8) is 0 Å². The second kappa shape index (κ2) is 6.10. The van der Waals surface area contributed by atoms with Crippen LogP contribution < -0.4 is 9.47 Å². The Morgan fingerprint density at radius 3 is 2.35 bits per heavy atom. The first-order valence-electron chi connectivity index (χ1n) is 6.20. The first kappa shape index (κ1) is 13.9. The van der Waals surface area contributed by atoms with Crippen LogP contribution in [0.2, 0.25) is 0 Å². The summed E-state index contributed by atoms with van der Waals surface area (Å²) >= 11 is 0. The Morgan fingerprint density at radius 2 is 1.75 bits per heavy atom. The van der Waals surface area contributed by atoms with Gasteiger partial charge in [0.15, 0.2) is 5.78 Å². The van der Waals surface area contributed by atoms with Gasteiger partial charge in [0.2, 0.25) is 0 Å². The van der Waals surface area contributed by atoms with Crippen LogP contribution in [0.1, 0.15) is 22.8 Å². The lowest BCUT2D eigenvalue weighted by molar-refractivity contribution is 0.101. The third-order valence-electron chi connectivity index (χ3n) is 2.91. The van der Waals surface area contributed by atoms with Crippen molar-refractivity contribution in [2.24, 2.45) is 0 Å². The first-order valence-corrected chi connectivity index (χ1v) is 6.20. The van der Waals surface area contributed by atoms with Crippen molar-refractivity contribution >= 4 is 5.78 Å². The number of phenols is 1. The van der Waals surface area contributed by atoms with E-state index in [0.717, 1.165) is 11.3 Å². The normalized spacial score (nSPS) is 10.1. The van der Waals surface area contributed by atoms with E-state index in [-0.39, 0.29) is 17.1 Å². The summed E-state index contributed by atoms with van der Waals surface area (Å²) in [7, 11) is 1.62. The number of hydrogen-bond donors (Lipinski definition) is 1. The van der Waals surface area contributed by atoms with Crippen LogP contribution in [0, 0.1) is 0 Å². The van der Waals surface area contributed by atoms with Crippen molar-refractivity contribution in [3.05, 3.63) is 53.6 Å². The molecule has 0 fully saturated rings. The average Bonchev–Trinajstić information content (AvgIpc) is 2.46. The molecule has 1 N–H and O–H groups in total. The third-order valence-corrected chi connectivity index (χ3v) is 2.91. The van der Waals surface area contributed by atoms with Gasteiger partial charge in [0.1, 0.15) is 23.9 Å². The van der Waals surface area contributed by atoms with Crippen molar-refractivity contribution in [2.45, 2.75) is 13.5 Å². The Labute approximate surface area is 117 Å². The highest BCUT2D eigenvalue weighted by molar-refractivity contribution is 5.97. The molecule has 0 aliphatic carbocycles. The van der Waals surface area contributed by atoms with Gasteiger partial charge in [-0.15, -0.1) is 0 Å². The Balaban J connectivity index is 2.06. The van der Waals surface area contributed by atoms with Crippen molar-refractivity contribution in [2.75, 3.05) is 7.11 Å². The lowest BCUT2D eigenvalue weighted by atomic mass is 10.1. The van der Waals surface area contributed by atoms with Crippen LogP contribution in [0.3, 0.4) is 0 Å². The van der Waals surface area contributed by atoms with E-state index in [2.05, 4.69) is 0 Å². The maximum Gasteiger partial charge on any atom is 0.163 e. The molecule has 0 bridgehead atoms. The maximum atomic E-state index is 11.3. The van der Waals surface area contributed by atoms with Gasteiger partial charge in [0.25, 0.3) is 0 Å². The molecule has 0 amide bonds. The highest BCUT2D eigenvalue weighted by Crippen LogP contribution is 2.24. The molecule has 104 valence electrons. The minimum absolute atomic E-state index is 0.0331. The maximum absolute atomic E-state index is 11.3. The summed E-state index contributed by atoms with van der Waals surface area (Å²) in [6.45, 7) is 1.79. The number of methoxy groups -OCH3 is 1. The summed E-state index contributed by atoms with van der Waals surface area (Å²) in [5, 5.41) is 9.56. The molecule has 0 heterocycles. The molecule has 0 radical (unpaired) electrons. The number of rotatable bonds is 5. The molecule has 0 spiro atoms. The van der Waals surface area contributed by atoms with E-state index >= 15 is 0 Å². The third kappa shape index (κ3) is 3.29. The highest BCUT2D eigenvalue weighted by Gasteiger charge is 2.08. The van der Waals surface area contributed by atoms with Gasteiger partial charge in [-0.05, 0) is 42.8 Å². The first-order chi connectivity index (χ1) is 9.60. The number of carbonyl (C=O) groups is 1. The average molecular weight is 272 g/mol. The van der Waals surface area contributed by atoms with Gasteiger partial charge in [-0.25, -0.2) is 0 Å². The Hall–Kier alpha value is -2.49. The second-order valence-corrected chi connectivity index (χ2v) is 4.37. The molecule has 4 heteroatoms. The largest absolute Gasteiger partial charge is 0.507 e. The van der Waals surface area contributed by atoms with E-state index in [1.54, 1.807) is 19.2 Å². The number of carbonyl (C=O) groups excluding carboxylic acids is 1. The van der Waals surface area contributed by atoms with E-state index < -0.39 is 0 Å². The van der Waals surface area contributed by atoms with Crippen LogP contribution in [0.5, 0.6) is 17.2 Å². The van der Waals surface area contributed by atoms with Crippen molar-refractivity contribution < 1.29 is 19.4 Å². The molecule has 0 aliphatic rings.